The summed E-state index contributed by atoms with van der Waals surface area (Å²) in [6.45, 7) is 2.17. The van der Waals surface area contributed by atoms with Crippen molar-refractivity contribution in [2.45, 2.75) is 0 Å². The Kier molecular flexibility index (Phi) is 5.50. The van der Waals surface area contributed by atoms with Crippen LogP contribution in [-0.2, 0) is 4.74 Å². The molecule has 1 fully saturated rings. The van der Waals surface area contributed by atoms with E-state index < -0.39 is 5.91 Å². The van der Waals surface area contributed by atoms with Crippen LogP contribution in [0.3, 0.4) is 0 Å². The fraction of sp³-hybridized carbons (Fsp3) is 0.174. The van der Waals surface area contributed by atoms with Gasteiger partial charge in [-0.3, -0.25) is 9.36 Å². The van der Waals surface area contributed by atoms with E-state index in [1.807, 2.05) is 36.4 Å². The van der Waals surface area contributed by atoms with Gasteiger partial charge in [0, 0.05) is 40.1 Å². The molecule has 162 valence electrons. The van der Waals surface area contributed by atoms with Crippen LogP contribution < -0.4 is 5.43 Å². The van der Waals surface area contributed by atoms with E-state index in [1.165, 1.54) is 6.21 Å². The lowest BCUT2D eigenvalue weighted by atomic mass is 10.2. The number of furan rings is 1. The molecule has 0 atom stereocenters. The number of morpholine rings is 1. The molecule has 0 spiro atoms. The van der Waals surface area contributed by atoms with E-state index in [9.17, 15) is 9.59 Å². The number of benzene rings is 2. The summed E-state index contributed by atoms with van der Waals surface area (Å²) in [5, 5.41) is 5.77. The summed E-state index contributed by atoms with van der Waals surface area (Å²) in [4.78, 5) is 27.2. The molecule has 4 aromatic rings. The van der Waals surface area contributed by atoms with Gasteiger partial charge in [0.15, 0.2) is 5.76 Å². The molecule has 2 aromatic carbocycles. The maximum absolute atomic E-state index is 13.0. The van der Waals surface area contributed by atoms with Crippen LogP contribution in [0.25, 0.3) is 21.9 Å². The second-order valence-corrected chi connectivity index (χ2v) is 8.26. The zero-order valence-electron chi connectivity index (χ0n) is 17.0. The maximum Gasteiger partial charge on any atom is 0.328 e. The number of amides is 2. The number of ether oxygens (including phenoxy) is 1. The third-order valence-electron chi connectivity index (χ3n) is 5.30. The first-order chi connectivity index (χ1) is 15.6. The number of para-hydroxylation sites is 1. The molecule has 0 aliphatic carbocycles. The van der Waals surface area contributed by atoms with Gasteiger partial charge < -0.3 is 14.1 Å². The van der Waals surface area contributed by atoms with E-state index in [4.69, 9.17) is 9.15 Å². The van der Waals surface area contributed by atoms with Gasteiger partial charge in [-0.15, -0.1) is 0 Å². The highest BCUT2D eigenvalue weighted by Crippen LogP contribution is 2.24. The topological polar surface area (TPSA) is 89.1 Å². The molecule has 1 saturated heterocycles. The van der Waals surface area contributed by atoms with Gasteiger partial charge in [0.25, 0.3) is 0 Å². The first kappa shape index (κ1) is 20.5. The van der Waals surface area contributed by atoms with Crippen molar-refractivity contribution >= 4 is 56.0 Å². The number of hydrogen-bond donors (Lipinski definition) is 1. The normalized spacial score (nSPS) is 14.5. The number of fused-ring (bicyclic) bond motifs is 2. The molecule has 3 heterocycles. The fourth-order valence-corrected chi connectivity index (χ4v) is 4.09. The molecule has 1 aliphatic heterocycles. The molecule has 0 saturated carbocycles. The molecule has 2 aromatic heterocycles. The van der Waals surface area contributed by atoms with E-state index in [0.29, 0.717) is 31.9 Å². The summed E-state index contributed by atoms with van der Waals surface area (Å²) < 4.78 is 13.4. The van der Waals surface area contributed by atoms with Crippen molar-refractivity contribution in [3.8, 4) is 0 Å². The minimum absolute atomic E-state index is 0.110. The standard InChI is InChI=1S/C23H19BrN4O4/c24-17-5-6-20-15(11-17)12-21(32-20)22(29)26-25-13-16-14-28(19-4-2-1-3-18(16)19)23(30)27-7-9-31-10-8-27/h1-6,11-14H,7-10H2,(H,26,29)/b25-13+. The molecule has 0 bridgehead atoms. The van der Waals surface area contributed by atoms with Gasteiger partial charge in [0.2, 0.25) is 0 Å². The molecule has 9 heteroatoms. The number of nitrogens with zero attached hydrogens (tertiary/aromatic N) is 3. The monoisotopic (exact) mass is 494 g/mol. The first-order valence-corrected chi connectivity index (χ1v) is 10.9. The Bertz CT molecular complexity index is 1350. The fourth-order valence-electron chi connectivity index (χ4n) is 3.72. The molecule has 5 rings (SSSR count). The van der Waals surface area contributed by atoms with Gasteiger partial charge in [-0.25, -0.2) is 10.2 Å². The quantitative estimate of drug-likeness (QED) is 0.341. The molecule has 0 radical (unpaired) electrons. The molecule has 1 aliphatic rings. The first-order valence-electron chi connectivity index (χ1n) is 10.1. The van der Waals surface area contributed by atoms with Crippen molar-refractivity contribution in [1.82, 2.24) is 14.9 Å². The summed E-state index contributed by atoms with van der Waals surface area (Å²) >= 11 is 3.40. The summed E-state index contributed by atoms with van der Waals surface area (Å²) in [6.07, 6.45) is 3.26. The Morgan fingerprint density at radius 2 is 1.91 bits per heavy atom. The Morgan fingerprint density at radius 1 is 1.09 bits per heavy atom. The Labute approximate surface area is 191 Å². The van der Waals surface area contributed by atoms with Crippen molar-refractivity contribution in [3.63, 3.8) is 0 Å². The van der Waals surface area contributed by atoms with E-state index in [-0.39, 0.29) is 11.8 Å². The van der Waals surface area contributed by atoms with Crippen LogP contribution in [0.15, 0.2) is 68.7 Å². The minimum Gasteiger partial charge on any atom is -0.451 e. The zero-order chi connectivity index (χ0) is 22.1. The Hall–Kier alpha value is -3.43. The molecular formula is C23H19BrN4O4. The predicted octanol–water partition coefficient (Wildman–Crippen LogP) is 4.21. The van der Waals surface area contributed by atoms with Gasteiger partial charge in [0.05, 0.1) is 24.9 Å². The third kappa shape index (κ3) is 3.92. The summed E-state index contributed by atoms with van der Waals surface area (Å²) in [5.74, 6) is -0.290. The van der Waals surface area contributed by atoms with Crippen molar-refractivity contribution in [3.05, 3.63) is 70.5 Å². The largest absolute Gasteiger partial charge is 0.451 e. The van der Waals surface area contributed by atoms with E-state index in [0.717, 1.165) is 26.3 Å². The SMILES string of the molecule is O=C(N/N=C/c1cn(C(=O)N2CCOCC2)c2ccccc12)c1cc2cc(Br)ccc2o1. The molecule has 0 unspecified atom stereocenters. The molecule has 2 amide bonds. The van der Waals surface area contributed by atoms with Crippen LogP contribution >= 0.6 is 15.9 Å². The van der Waals surface area contributed by atoms with Crippen LogP contribution in [0.1, 0.15) is 16.1 Å². The summed E-state index contributed by atoms with van der Waals surface area (Å²) in [6, 6.07) is 14.6. The van der Waals surface area contributed by atoms with Crippen LogP contribution in [0, 0.1) is 0 Å². The van der Waals surface area contributed by atoms with Gasteiger partial charge in [-0.05, 0) is 30.3 Å². The van der Waals surface area contributed by atoms with Crippen LogP contribution in [-0.4, -0.2) is 53.9 Å². The number of halogens is 1. The summed E-state index contributed by atoms with van der Waals surface area (Å²) in [7, 11) is 0. The van der Waals surface area contributed by atoms with Gasteiger partial charge in [0.1, 0.15) is 5.58 Å². The average molecular weight is 495 g/mol. The number of nitrogens with one attached hydrogen (secondary N) is 1. The number of hydrazone groups is 1. The number of aromatic nitrogens is 1. The van der Waals surface area contributed by atoms with E-state index in [1.54, 1.807) is 27.8 Å². The average Bonchev–Trinajstić information content (AvgIpc) is 3.41. The Balaban J connectivity index is 1.37. The summed E-state index contributed by atoms with van der Waals surface area (Å²) in [5.41, 5.74) is 4.61. The highest BCUT2D eigenvalue weighted by molar-refractivity contribution is 9.10. The van der Waals surface area contributed by atoms with Gasteiger partial charge in [-0.1, -0.05) is 34.1 Å². The highest BCUT2D eigenvalue weighted by atomic mass is 79.9. The smallest absolute Gasteiger partial charge is 0.328 e. The van der Waals surface area contributed by atoms with E-state index >= 15 is 0 Å². The number of hydrogen-bond acceptors (Lipinski definition) is 5. The van der Waals surface area contributed by atoms with Crippen LogP contribution in [0.2, 0.25) is 0 Å². The molecule has 1 N–H and O–H groups in total. The molecule has 32 heavy (non-hydrogen) atoms. The maximum atomic E-state index is 13.0. The van der Waals surface area contributed by atoms with Crippen LogP contribution in [0.5, 0.6) is 0 Å². The lowest BCUT2D eigenvalue weighted by molar-refractivity contribution is 0.0538. The zero-order valence-corrected chi connectivity index (χ0v) is 18.5. The van der Waals surface area contributed by atoms with Crippen molar-refractivity contribution in [2.75, 3.05) is 26.3 Å². The van der Waals surface area contributed by atoms with Crippen molar-refractivity contribution in [2.24, 2.45) is 5.10 Å². The second-order valence-electron chi connectivity index (χ2n) is 7.35. The van der Waals surface area contributed by atoms with Gasteiger partial charge in [-0.2, -0.15) is 5.10 Å². The number of carbonyl (C=O) groups excluding carboxylic acids is 2. The lowest BCUT2D eigenvalue weighted by Gasteiger charge is -2.27. The van der Waals surface area contributed by atoms with Gasteiger partial charge >= 0.3 is 11.9 Å². The minimum atomic E-state index is -0.457. The predicted molar refractivity (Wildman–Crippen MR) is 124 cm³/mol. The Morgan fingerprint density at radius 3 is 2.75 bits per heavy atom. The number of carbonyl (C=O) groups is 2. The van der Waals surface area contributed by atoms with E-state index in [2.05, 4.69) is 26.5 Å². The lowest BCUT2D eigenvalue weighted by Crippen LogP contribution is -2.42. The molecular weight excluding hydrogens is 476 g/mol. The van der Waals surface area contributed by atoms with Crippen molar-refractivity contribution in [1.29, 1.82) is 0 Å². The second kappa shape index (κ2) is 8.60. The molecule has 8 nitrogen and oxygen atoms in total. The third-order valence-corrected chi connectivity index (χ3v) is 5.80. The van der Waals surface area contributed by atoms with Crippen LogP contribution in [0.4, 0.5) is 4.79 Å². The number of rotatable bonds is 3. The van der Waals surface area contributed by atoms with Crippen molar-refractivity contribution < 1.29 is 18.7 Å². The highest BCUT2D eigenvalue weighted by Gasteiger charge is 2.21.